The van der Waals surface area contributed by atoms with Gasteiger partial charge in [-0.3, -0.25) is 4.79 Å². The number of aryl methyl sites for hydroxylation is 2. The molecule has 0 spiro atoms. The maximum absolute atomic E-state index is 11.2. The molecule has 1 amide bonds. The summed E-state index contributed by atoms with van der Waals surface area (Å²) < 4.78 is 5.64. The number of amides is 1. The smallest absolute Gasteiger partial charge is 0.236 e. The fraction of sp³-hybridized carbons (Fsp3) is 0.462. The van der Waals surface area contributed by atoms with Crippen LogP contribution in [0.25, 0.3) is 0 Å². The van der Waals surface area contributed by atoms with Gasteiger partial charge < -0.3 is 15.8 Å². The van der Waals surface area contributed by atoms with Gasteiger partial charge >= 0.3 is 0 Å². The van der Waals surface area contributed by atoms with Crippen LogP contribution >= 0.6 is 12.4 Å². The minimum Gasteiger partial charge on any atom is -0.491 e. The van der Waals surface area contributed by atoms with Crippen LogP contribution in [0, 0.1) is 13.8 Å². The summed E-state index contributed by atoms with van der Waals surface area (Å²) in [4.78, 5) is 11.2. The molecular formula is C13H21ClN2O2. The summed E-state index contributed by atoms with van der Waals surface area (Å²) in [5.74, 6) is 0.734. The zero-order valence-corrected chi connectivity index (χ0v) is 11.8. The highest BCUT2D eigenvalue weighted by Crippen LogP contribution is 2.21. The molecule has 0 aliphatic rings. The molecule has 0 aliphatic carbocycles. The zero-order chi connectivity index (χ0) is 12.8. The quantitative estimate of drug-likeness (QED) is 0.800. The fourth-order valence-electron chi connectivity index (χ4n) is 1.52. The molecule has 0 fully saturated rings. The van der Waals surface area contributed by atoms with Gasteiger partial charge in [0, 0.05) is 0 Å². The highest BCUT2D eigenvalue weighted by atomic mass is 35.5. The third-order valence-electron chi connectivity index (χ3n) is 2.47. The fourth-order valence-corrected chi connectivity index (χ4v) is 1.52. The highest BCUT2D eigenvalue weighted by Gasteiger charge is 2.06. The molecule has 18 heavy (non-hydrogen) atoms. The number of carbonyl (C=O) groups excluding carboxylic acids is 1. The van der Waals surface area contributed by atoms with Crippen molar-refractivity contribution in [2.24, 2.45) is 5.73 Å². The lowest BCUT2D eigenvalue weighted by atomic mass is 10.1. The molecule has 0 aromatic heterocycles. The standard InChI is InChI=1S/C13H20N2O2.ClH/c1-9-5-4-6-10(2)12(9)17-8-7-15-13(16)11(3)14;/h4-6,11H,7-8,14H2,1-3H3,(H,15,16);1H. The van der Waals surface area contributed by atoms with E-state index in [2.05, 4.69) is 5.32 Å². The number of ether oxygens (including phenoxy) is 1. The molecule has 5 heteroatoms. The SMILES string of the molecule is Cc1cccc(C)c1OCCNC(=O)C(C)N.Cl. The number of hydrogen-bond donors (Lipinski definition) is 2. The largest absolute Gasteiger partial charge is 0.491 e. The van der Waals surface area contributed by atoms with Crippen molar-refractivity contribution in [1.29, 1.82) is 0 Å². The third kappa shape index (κ3) is 4.94. The van der Waals surface area contributed by atoms with Crippen LogP contribution in [0.2, 0.25) is 0 Å². The number of carbonyl (C=O) groups is 1. The molecule has 1 atom stereocenters. The molecule has 102 valence electrons. The second-order valence-corrected chi connectivity index (χ2v) is 4.15. The molecule has 1 rings (SSSR count). The number of nitrogens with one attached hydrogen (secondary N) is 1. The molecule has 1 unspecified atom stereocenters. The van der Waals surface area contributed by atoms with E-state index in [9.17, 15) is 4.79 Å². The van der Waals surface area contributed by atoms with Crippen LogP contribution in [0.3, 0.4) is 0 Å². The van der Waals surface area contributed by atoms with E-state index in [0.29, 0.717) is 13.2 Å². The lowest BCUT2D eigenvalue weighted by Gasteiger charge is -2.12. The van der Waals surface area contributed by atoms with Crippen molar-refractivity contribution in [3.8, 4) is 5.75 Å². The van der Waals surface area contributed by atoms with E-state index in [1.165, 1.54) is 0 Å². The maximum Gasteiger partial charge on any atom is 0.236 e. The minimum absolute atomic E-state index is 0. The second kappa shape index (κ2) is 7.95. The van der Waals surface area contributed by atoms with Crippen molar-refractivity contribution < 1.29 is 9.53 Å². The molecule has 1 aromatic carbocycles. The van der Waals surface area contributed by atoms with Gasteiger partial charge in [0.1, 0.15) is 12.4 Å². The van der Waals surface area contributed by atoms with Crippen LogP contribution in [-0.4, -0.2) is 25.1 Å². The first-order valence-electron chi connectivity index (χ1n) is 5.74. The lowest BCUT2D eigenvalue weighted by Crippen LogP contribution is -2.40. The van der Waals surface area contributed by atoms with E-state index >= 15 is 0 Å². The van der Waals surface area contributed by atoms with E-state index in [4.69, 9.17) is 10.5 Å². The predicted molar refractivity (Wildman–Crippen MR) is 75.3 cm³/mol. The Bertz CT molecular complexity index is 374. The minimum atomic E-state index is -0.477. The molecule has 4 nitrogen and oxygen atoms in total. The Labute approximate surface area is 114 Å². The normalized spacial score (nSPS) is 11.3. The Morgan fingerprint density at radius 3 is 2.44 bits per heavy atom. The number of rotatable bonds is 5. The second-order valence-electron chi connectivity index (χ2n) is 4.15. The van der Waals surface area contributed by atoms with Crippen molar-refractivity contribution in [2.45, 2.75) is 26.8 Å². The molecule has 0 radical (unpaired) electrons. The van der Waals surface area contributed by atoms with Crippen molar-refractivity contribution in [3.63, 3.8) is 0 Å². The number of hydrogen-bond acceptors (Lipinski definition) is 3. The predicted octanol–water partition coefficient (Wildman–Crippen LogP) is 1.57. The van der Waals surface area contributed by atoms with Gasteiger partial charge in [0.25, 0.3) is 0 Å². The summed E-state index contributed by atoms with van der Waals surface area (Å²) in [6.45, 7) is 6.58. The topological polar surface area (TPSA) is 64.3 Å². The zero-order valence-electron chi connectivity index (χ0n) is 11.0. The van der Waals surface area contributed by atoms with Gasteiger partial charge in [0.05, 0.1) is 12.6 Å². The van der Waals surface area contributed by atoms with Gasteiger partial charge in [0.15, 0.2) is 0 Å². The van der Waals surface area contributed by atoms with Crippen LogP contribution in [0.15, 0.2) is 18.2 Å². The maximum atomic E-state index is 11.2. The summed E-state index contributed by atoms with van der Waals surface area (Å²) in [6, 6.07) is 5.52. The van der Waals surface area contributed by atoms with E-state index in [-0.39, 0.29) is 18.3 Å². The van der Waals surface area contributed by atoms with Crippen LogP contribution < -0.4 is 15.8 Å². The van der Waals surface area contributed by atoms with Crippen molar-refractivity contribution in [1.82, 2.24) is 5.32 Å². The van der Waals surface area contributed by atoms with E-state index in [1.54, 1.807) is 6.92 Å². The number of benzene rings is 1. The Kier molecular flexibility index (Phi) is 7.39. The van der Waals surface area contributed by atoms with E-state index < -0.39 is 6.04 Å². The van der Waals surface area contributed by atoms with Crippen LogP contribution in [0.5, 0.6) is 5.75 Å². The molecule has 0 heterocycles. The van der Waals surface area contributed by atoms with Gasteiger partial charge in [-0.05, 0) is 31.9 Å². The van der Waals surface area contributed by atoms with Gasteiger partial charge in [-0.1, -0.05) is 18.2 Å². The average molecular weight is 273 g/mol. The molecule has 0 aliphatic heterocycles. The van der Waals surface area contributed by atoms with E-state index in [1.807, 2.05) is 32.0 Å². The summed E-state index contributed by atoms with van der Waals surface area (Å²) >= 11 is 0. The van der Waals surface area contributed by atoms with Gasteiger partial charge in [-0.2, -0.15) is 0 Å². The molecule has 0 bridgehead atoms. The van der Waals surface area contributed by atoms with E-state index in [0.717, 1.165) is 16.9 Å². The monoisotopic (exact) mass is 272 g/mol. The van der Waals surface area contributed by atoms with Gasteiger partial charge in [0.2, 0.25) is 5.91 Å². The summed E-state index contributed by atoms with van der Waals surface area (Å²) in [7, 11) is 0. The average Bonchev–Trinajstić information content (AvgIpc) is 2.27. The first kappa shape index (κ1) is 16.7. The van der Waals surface area contributed by atoms with Crippen molar-refractivity contribution in [2.75, 3.05) is 13.2 Å². The van der Waals surface area contributed by atoms with Crippen LogP contribution in [-0.2, 0) is 4.79 Å². The molecule has 3 N–H and O–H groups in total. The molecule has 1 aromatic rings. The first-order valence-corrected chi connectivity index (χ1v) is 5.74. The third-order valence-corrected chi connectivity index (χ3v) is 2.47. The summed E-state index contributed by atoms with van der Waals surface area (Å²) in [6.07, 6.45) is 0. The highest BCUT2D eigenvalue weighted by molar-refractivity contribution is 5.85. The van der Waals surface area contributed by atoms with Crippen molar-refractivity contribution >= 4 is 18.3 Å². The number of para-hydroxylation sites is 1. The first-order chi connectivity index (χ1) is 8.02. The Morgan fingerprint density at radius 2 is 1.94 bits per heavy atom. The van der Waals surface area contributed by atoms with Gasteiger partial charge in [-0.15, -0.1) is 12.4 Å². The Morgan fingerprint density at radius 1 is 1.39 bits per heavy atom. The van der Waals surface area contributed by atoms with Gasteiger partial charge in [-0.25, -0.2) is 0 Å². The number of halogens is 1. The lowest BCUT2D eigenvalue weighted by molar-refractivity contribution is -0.122. The van der Waals surface area contributed by atoms with Crippen molar-refractivity contribution in [3.05, 3.63) is 29.3 Å². The molecule has 0 saturated heterocycles. The van der Waals surface area contributed by atoms with Crippen LogP contribution in [0.4, 0.5) is 0 Å². The molecule has 0 saturated carbocycles. The Hall–Kier alpha value is -1.26. The Balaban J connectivity index is 0.00000289. The number of nitrogens with two attached hydrogens (primary N) is 1. The summed E-state index contributed by atoms with van der Waals surface area (Å²) in [5.41, 5.74) is 7.63. The summed E-state index contributed by atoms with van der Waals surface area (Å²) in [5, 5.41) is 2.70. The van der Waals surface area contributed by atoms with Crippen LogP contribution in [0.1, 0.15) is 18.1 Å². The molecular weight excluding hydrogens is 252 g/mol.